The average Bonchev–Trinajstić information content (AvgIpc) is 3.10. The highest BCUT2D eigenvalue weighted by atomic mass is 35.5. The summed E-state index contributed by atoms with van der Waals surface area (Å²) in [6.45, 7) is -0.311. The molecule has 10 heteroatoms. The van der Waals surface area contributed by atoms with Crippen LogP contribution in [0.3, 0.4) is 0 Å². The molecule has 1 aliphatic rings. The molecule has 186 valence electrons. The minimum Gasteiger partial charge on any atom is -0.507 e. The number of hydrogen-bond donors (Lipinski definition) is 1. The lowest BCUT2D eigenvalue weighted by atomic mass is 9.95. The van der Waals surface area contributed by atoms with E-state index in [-0.39, 0.29) is 33.3 Å². The van der Waals surface area contributed by atoms with Crippen molar-refractivity contribution in [1.29, 1.82) is 0 Å². The summed E-state index contributed by atoms with van der Waals surface area (Å²) >= 11 is 12.0. The number of nitrogens with zero attached hydrogens (tertiary/aromatic N) is 1. The van der Waals surface area contributed by atoms with Crippen LogP contribution in [0.5, 0.6) is 5.75 Å². The van der Waals surface area contributed by atoms with Crippen molar-refractivity contribution in [1.82, 2.24) is 4.90 Å². The van der Waals surface area contributed by atoms with Gasteiger partial charge in [0, 0.05) is 12.1 Å². The van der Waals surface area contributed by atoms with Crippen LogP contribution in [0.2, 0.25) is 10.0 Å². The number of hydrogen-bond acceptors (Lipinski definition) is 4. The van der Waals surface area contributed by atoms with E-state index >= 15 is 0 Å². The number of halogens is 5. The molecule has 1 saturated heterocycles. The maximum absolute atomic E-state index is 13.3. The number of ether oxygens (including phenoxy) is 1. The molecule has 3 aromatic rings. The number of methoxy groups -OCH3 is 1. The normalized spacial score (nSPS) is 17.5. The smallest absolute Gasteiger partial charge is 0.416 e. The van der Waals surface area contributed by atoms with Crippen LogP contribution in [0.25, 0.3) is 5.76 Å². The van der Waals surface area contributed by atoms with Gasteiger partial charge in [0.2, 0.25) is 0 Å². The fourth-order valence-electron chi connectivity index (χ4n) is 4.04. The number of benzene rings is 3. The fourth-order valence-corrected chi connectivity index (χ4v) is 4.34. The Kier molecular flexibility index (Phi) is 7.02. The van der Waals surface area contributed by atoms with Gasteiger partial charge in [0.1, 0.15) is 11.5 Å². The molecule has 0 bridgehead atoms. The number of aliphatic hydroxyl groups is 1. The Morgan fingerprint density at radius 3 is 2.39 bits per heavy atom. The lowest BCUT2D eigenvalue weighted by Gasteiger charge is -2.26. The second-order valence-corrected chi connectivity index (χ2v) is 8.85. The van der Waals surface area contributed by atoms with E-state index in [1.54, 1.807) is 24.3 Å². The number of rotatable bonds is 5. The molecule has 1 aliphatic heterocycles. The zero-order valence-corrected chi connectivity index (χ0v) is 20.2. The average molecular weight is 536 g/mol. The summed E-state index contributed by atoms with van der Waals surface area (Å²) < 4.78 is 45.0. The molecular weight excluding hydrogens is 518 g/mol. The molecule has 0 spiro atoms. The molecule has 1 atom stereocenters. The third-order valence-corrected chi connectivity index (χ3v) is 6.49. The van der Waals surface area contributed by atoms with Gasteiger partial charge in [-0.25, -0.2) is 0 Å². The van der Waals surface area contributed by atoms with Gasteiger partial charge in [-0.15, -0.1) is 0 Å². The molecule has 1 N–H and O–H groups in total. The van der Waals surface area contributed by atoms with Gasteiger partial charge >= 0.3 is 6.18 Å². The third-order valence-electron chi connectivity index (χ3n) is 5.75. The van der Waals surface area contributed by atoms with Crippen LogP contribution >= 0.6 is 23.2 Å². The highest BCUT2D eigenvalue weighted by Crippen LogP contribution is 2.42. The summed E-state index contributed by atoms with van der Waals surface area (Å²) in [5.41, 5.74) is -0.394. The van der Waals surface area contributed by atoms with Crippen LogP contribution in [0, 0.1) is 0 Å². The van der Waals surface area contributed by atoms with E-state index in [0.717, 1.165) is 17.0 Å². The summed E-state index contributed by atoms with van der Waals surface area (Å²) in [6.07, 6.45) is -4.58. The maximum atomic E-state index is 13.3. The number of amides is 1. The Labute approximate surface area is 214 Å². The van der Waals surface area contributed by atoms with Gasteiger partial charge in [-0.2, -0.15) is 13.2 Å². The summed E-state index contributed by atoms with van der Waals surface area (Å²) in [5.74, 6) is -2.03. The highest BCUT2D eigenvalue weighted by Gasteiger charge is 2.46. The Morgan fingerprint density at radius 2 is 1.72 bits per heavy atom. The van der Waals surface area contributed by atoms with Crippen LogP contribution in [0.4, 0.5) is 13.2 Å². The topological polar surface area (TPSA) is 66.8 Å². The predicted octanol–water partition coefficient (Wildman–Crippen LogP) is 6.64. The van der Waals surface area contributed by atoms with Gasteiger partial charge in [0.25, 0.3) is 11.7 Å². The van der Waals surface area contributed by atoms with E-state index < -0.39 is 35.2 Å². The van der Waals surface area contributed by atoms with Crippen molar-refractivity contribution in [3.8, 4) is 5.75 Å². The van der Waals surface area contributed by atoms with Crippen molar-refractivity contribution in [3.63, 3.8) is 0 Å². The second kappa shape index (κ2) is 9.87. The minimum absolute atomic E-state index is 0.122. The number of alkyl halides is 3. The predicted molar refractivity (Wildman–Crippen MR) is 129 cm³/mol. The first-order chi connectivity index (χ1) is 17.0. The highest BCUT2D eigenvalue weighted by molar-refractivity contribution is 6.46. The molecule has 1 unspecified atom stereocenters. The summed E-state index contributed by atoms with van der Waals surface area (Å²) in [7, 11) is 1.44. The van der Waals surface area contributed by atoms with E-state index in [1.807, 2.05) is 0 Å². The van der Waals surface area contributed by atoms with Crippen molar-refractivity contribution >= 4 is 40.7 Å². The minimum atomic E-state index is -4.58. The first-order valence-electron chi connectivity index (χ1n) is 10.5. The molecule has 4 rings (SSSR count). The summed E-state index contributed by atoms with van der Waals surface area (Å²) in [4.78, 5) is 27.4. The van der Waals surface area contributed by atoms with Crippen molar-refractivity contribution < 1.29 is 32.6 Å². The SMILES string of the molecule is COc1cccc(C2/C(=C(\O)c3ccc(Cl)c(Cl)c3)C(=O)C(=O)N2Cc2cccc(C(F)(F)F)c2)c1. The molecule has 3 aromatic carbocycles. The van der Waals surface area contributed by atoms with Crippen LogP contribution in [-0.2, 0) is 22.3 Å². The van der Waals surface area contributed by atoms with Crippen LogP contribution in [0.15, 0.2) is 72.3 Å². The van der Waals surface area contributed by atoms with Gasteiger partial charge in [-0.3, -0.25) is 9.59 Å². The van der Waals surface area contributed by atoms with Gasteiger partial charge in [-0.1, -0.05) is 47.5 Å². The molecule has 0 radical (unpaired) electrons. The van der Waals surface area contributed by atoms with Gasteiger partial charge in [0.05, 0.1) is 34.3 Å². The first-order valence-corrected chi connectivity index (χ1v) is 11.3. The number of ketones is 1. The second-order valence-electron chi connectivity index (χ2n) is 8.03. The molecule has 0 aliphatic carbocycles. The van der Waals surface area contributed by atoms with Crippen LogP contribution in [-0.4, -0.2) is 28.8 Å². The number of Topliss-reactive ketones (excluding diaryl/α,β-unsaturated/α-hetero) is 1. The standard InChI is InChI=1S/C26H18Cl2F3NO4/c1-36-18-7-3-5-15(11-18)22-21(23(33)16-8-9-19(27)20(28)12-16)24(34)25(35)32(22)13-14-4-2-6-17(10-14)26(29,30)31/h2-12,22,33H,13H2,1H3/b23-21+. The molecule has 1 amide bonds. The Morgan fingerprint density at radius 1 is 1.00 bits per heavy atom. The number of likely N-dealkylation sites (tertiary alicyclic amines) is 1. The molecule has 1 fully saturated rings. The van der Waals surface area contributed by atoms with Crippen molar-refractivity contribution in [2.45, 2.75) is 18.8 Å². The number of aliphatic hydroxyl groups excluding tert-OH is 1. The Hall–Kier alpha value is -3.49. The van der Waals surface area contributed by atoms with E-state index in [4.69, 9.17) is 27.9 Å². The van der Waals surface area contributed by atoms with E-state index in [2.05, 4.69) is 0 Å². The third kappa shape index (κ3) is 4.92. The van der Waals surface area contributed by atoms with Gasteiger partial charge in [-0.05, 0) is 53.6 Å². The van der Waals surface area contributed by atoms with E-state index in [0.29, 0.717) is 11.3 Å². The summed E-state index contributed by atoms with van der Waals surface area (Å²) in [6, 6.07) is 14.1. The lowest BCUT2D eigenvalue weighted by molar-refractivity contribution is -0.140. The maximum Gasteiger partial charge on any atom is 0.416 e. The molecule has 1 heterocycles. The van der Waals surface area contributed by atoms with Crippen molar-refractivity contribution in [3.05, 3.63) is 105 Å². The summed E-state index contributed by atoms with van der Waals surface area (Å²) in [5, 5.41) is 11.5. The van der Waals surface area contributed by atoms with Crippen molar-refractivity contribution in [2.24, 2.45) is 0 Å². The number of carbonyl (C=O) groups excluding carboxylic acids is 2. The zero-order valence-electron chi connectivity index (χ0n) is 18.6. The van der Waals surface area contributed by atoms with E-state index in [1.165, 1.54) is 37.4 Å². The van der Waals surface area contributed by atoms with Crippen LogP contribution < -0.4 is 4.74 Å². The monoisotopic (exact) mass is 535 g/mol. The first kappa shape index (κ1) is 25.6. The Bertz CT molecular complexity index is 1390. The van der Waals surface area contributed by atoms with Gasteiger partial charge in [0.15, 0.2) is 0 Å². The molecular formula is C26H18Cl2F3NO4. The van der Waals surface area contributed by atoms with E-state index in [9.17, 15) is 27.9 Å². The quantitative estimate of drug-likeness (QED) is 0.226. The molecule has 0 aromatic heterocycles. The fraction of sp³-hybridized carbons (Fsp3) is 0.154. The Balaban J connectivity index is 1.87. The van der Waals surface area contributed by atoms with Gasteiger partial charge < -0.3 is 14.7 Å². The van der Waals surface area contributed by atoms with Crippen molar-refractivity contribution in [2.75, 3.05) is 7.11 Å². The molecule has 0 saturated carbocycles. The number of carbonyl (C=O) groups is 2. The molecule has 36 heavy (non-hydrogen) atoms. The zero-order chi connectivity index (χ0) is 26.2. The van der Waals surface area contributed by atoms with Crippen LogP contribution in [0.1, 0.15) is 28.3 Å². The largest absolute Gasteiger partial charge is 0.507 e. The lowest BCUT2D eigenvalue weighted by Crippen LogP contribution is -2.29. The molecule has 5 nitrogen and oxygen atoms in total.